The second kappa shape index (κ2) is 2.71. The van der Waals surface area contributed by atoms with Gasteiger partial charge in [-0.05, 0) is 30.5 Å². The molecule has 68 valence electrons. The van der Waals surface area contributed by atoms with Crippen LogP contribution < -0.4 is 0 Å². The molecule has 2 rings (SSSR count). The molecule has 1 aromatic carbocycles. The van der Waals surface area contributed by atoms with E-state index >= 15 is 0 Å². The lowest BCUT2D eigenvalue weighted by molar-refractivity contribution is -0.00778. The molecule has 0 aliphatic carbocycles. The molecule has 0 radical (unpaired) electrons. The summed E-state index contributed by atoms with van der Waals surface area (Å²) in [6, 6.07) is 8.32. The van der Waals surface area contributed by atoms with Crippen molar-refractivity contribution >= 4 is 5.57 Å². The lowest BCUT2D eigenvalue weighted by atomic mass is 9.87. The van der Waals surface area contributed by atoms with Crippen LogP contribution in [0.2, 0.25) is 0 Å². The Bertz CT molecular complexity index is 350. The highest BCUT2D eigenvalue weighted by atomic mass is 16.5. The fraction of sp³-hybridized carbons (Fsp3) is 0.333. The maximum absolute atomic E-state index is 5.70. The highest BCUT2D eigenvalue weighted by Gasteiger charge is 2.29. The zero-order valence-corrected chi connectivity index (χ0v) is 8.13. The molecule has 0 unspecified atom stereocenters. The molecular weight excluding hydrogens is 160 g/mol. The fourth-order valence-electron chi connectivity index (χ4n) is 1.74. The average molecular weight is 174 g/mol. The topological polar surface area (TPSA) is 9.23 Å². The van der Waals surface area contributed by atoms with E-state index in [0.717, 1.165) is 5.57 Å². The molecule has 1 aliphatic heterocycles. The molecule has 1 aliphatic rings. The molecule has 1 heteroatoms. The van der Waals surface area contributed by atoms with E-state index in [-0.39, 0.29) is 5.60 Å². The zero-order chi connectivity index (χ0) is 9.47. The van der Waals surface area contributed by atoms with E-state index in [1.165, 1.54) is 11.1 Å². The van der Waals surface area contributed by atoms with Crippen molar-refractivity contribution in [2.24, 2.45) is 0 Å². The molecule has 1 heterocycles. The highest BCUT2D eigenvalue weighted by Crippen LogP contribution is 2.36. The van der Waals surface area contributed by atoms with Crippen LogP contribution in [0.5, 0.6) is 0 Å². The largest absolute Gasteiger partial charge is 0.366 e. The van der Waals surface area contributed by atoms with Gasteiger partial charge in [-0.2, -0.15) is 0 Å². The minimum Gasteiger partial charge on any atom is -0.366 e. The first-order chi connectivity index (χ1) is 6.11. The first kappa shape index (κ1) is 8.52. The van der Waals surface area contributed by atoms with Crippen LogP contribution in [0.3, 0.4) is 0 Å². The Morgan fingerprint density at radius 1 is 1.31 bits per heavy atom. The van der Waals surface area contributed by atoms with Crippen molar-refractivity contribution in [3.63, 3.8) is 0 Å². The van der Waals surface area contributed by atoms with E-state index in [2.05, 4.69) is 32.6 Å². The first-order valence-electron chi connectivity index (χ1n) is 4.53. The Morgan fingerprint density at radius 2 is 2.00 bits per heavy atom. The van der Waals surface area contributed by atoms with Crippen molar-refractivity contribution in [3.05, 3.63) is 42.0 Å². The van der Waals surface area contributed by atoms with Crippen molar-refractivity contribution < 1.29 is 4.74 Å². The molecule has 13 heavy (non-hydrogen) atoms. The SMILES string of the molecule is C=C1COC(C)(C)c2ccccc21. The van der Waals surface area contributed by atoms with Crippen molar-refractivity contribution in [3.8, 4) is 0 Å². The van der Waals surface area contributed by atoms with E-state index < -0.39 is 0 Å². The molecule has 0 spiro atoms. The minimum atomic E-state index is -0.169. The Labute approximate surface area is 79.0 Å². The van der Waals surface area contributed by atoms with Crippen LogP contribution in [0.4, 0.5) is 0 Å². The summed E-state index contributed by atoms with van der Waals surface area (Å²) in [6.45, 7) is 8.83. The lowest BCUT2D eigenvalue weighted by Gasteiger charge is -2.33. The molecule has 1 nitrogen and oxygen atoms in total. The fourth-order valence-corrected chi connectivity index (χ4v) is 1.74. The van der Waals surface area contributed by atoms with E-state index in [1.54, 1.807) is 0 Å². The number of hydrogen-bond donors (Lipinski definition) is 0. The van der Waals surface area contributed by atoms with Gasteiger partial charge in [-0.3, -0.25) is 0 Å². The number of rotatable bonds is 0. The molecule has 0 aromatic heterocycles. The van der Waals surface area contributed by atoms with Gasteiger partial charge in [0.2, 0.25) is 0 Å². The van der Waals surface area contributed by atoms with E-state index in [4.69, 9.17) is 4.74 Å². The zero-order valence-electron chi connectivity index (χ0n) is 8.13. The van der Waals surface area contributed by atoms with Gasteiger partial charge in [0, 0.05) is 0 Å². The van der Waals surface area contributed by atoms with Gasteiger partial charge >= 0.3 is 0 Å². The van der Waals surface area contributed by atoms with Gasteiger partial charge in [0.25, 0.3) is 0 Å². The van der Waals surface area contributed by atoms with E-state index in [9.17, 15) is 0 Å². The average Bonchev–Trinajstić information content (AvgIpc) is 2.13. The van der Waals surface area contributed by atoms with Gasteiger partial charge in [0.1, 0.15) is 0 Å². The summed E-state index contributed by atoms with van der Waals surface area (Å²) in [4.78, 5) is 0. The highest BCUT2D eigenvalue weighted by molar-refractivity contribution is 5.69. The van der Waals surface area contributed by atoms with Crippen LogP contribution in [-0.4, -0.2) is 6.61 Å². The molecule has 0 bridgehead atoms. The Balaban J connectivity index is 2.61. The van der Waals surface area contributed by atoms with Gasteiger partial charge in [0.15, 0.2) is 0 Å². The number of benzene rings is 1. The molecular formula is C12H14O. The summed E-state index contributed by atoms with van der Waals surface area (Å²) in [6.07, 6.45) is 0. The second-order valence-electron chi connectivity index (χ2n) is 3.95. The van der Waals surface area contributed by atoms with Gasteiger partial charge < -0.3 is 4.74 Å². The molecule has 0 atom stereocenters. The monoisotopic (exact) mass is 174 g/mol. The van der Waals surface area contributed by atoms with Crippen molar-refractivity contribution in [2.75, 3.05) is 6.61 Å². The quantitative estimate of drug-likeness (QED) is 0.587. The number of fused-ring (bicyclic) bond motifs is 1. The molecule has 0 N–H and O–H groups in total. The Hall–Kier alpha value is -1.08. The summed E-state index contributed by atoms with van der Waals surface area (Å²) in [7, 11) is 0. The normalized spacial score (nSPS) is 19.7. The first-order valence-corrected chi connectivity index (χ1v) is 4.53. The Kier molecular flexibility index (Phi) is 1.77. The van der Waals surface area contributed by atoms with Crippen molar-refractivity contribution in [1.82, 2.24) is 0 Å². The maximum atomic E-state index is 5.70. The Morgan fingerprint density at radius 3 is 2.69 bits per heavy atom. The minimum absolute atomic E-state index is 0.169. The van der Waals surface area contributed by atoms with Crippen LogP contribution in [0, 0.1) is 0 Å². The molecule has 0 fully saturated rings. The van der Waals surface area contributed by atoms with Crippen LogP contribution in [-0.2, 0) is 10.3 Å². The van der Waals surface area contributed by atoms with Crippen LogP contribution >= 0.6 is 0 Å². The maximum Gasteiger partial charge on any atom is 0.0885 e. The van der Waals surface area contributed by atoms with Gasteiger partial charge in [-0.1, -0.05) is 30.8 Å². The van der Waals surface area contributed by atoms with E-state index in [1.807, 2.05) is 12.1 Å². The molecule has 0 saturated carbocycles. The standard InChI is InChI=1S/C12H14O/c1-9-8-13-12(2,3)11-7-5-4-6-10(9)11/h4-7H,1,8H2,2-3H3. The number of hydrogen-bond acceptors (Lipinski definition) is 1. The third-order valence-electron chi connectivity index (χ3n) is 2.56. The van der Waals surface area contributed by atoms with Crippen LogP contribution in [0.15, 0.2) is 30.8 Å². The molecule has 0 amide bonds. The van der Waals surface area contributed by atoms with Gasteiger partial charge in [0.05, 0.1) is 12.2 Å². The summed E-state index contributed by atoms with van der Waals surface area (Å²) >= 11 is 0. The van der Waals surface area contributed by atoms with Crippen molar-refractivity contribution in [1.29, 1.82) is 0 Å². The predicted molar refractivity (Wildman–Crippen MR) is 54.5 cm³/mol. The lowest BCUT2D eigenvalue weighted by Crippen LogP contribution is -2.28. The summed E-state index contributed by atoms with van der Waals surface area (Å²) < 4.78 is 5.70. The summed E-state index contributed by atoms with van der Waals surface area (Å²) in [5.74, 6) is 0. The number of ether oxygens (including phenoxy) is 1. The smallest absolute Gasteiger partial charge is 0.0885 e. The predicted octanol–water partition coefficient (Wildman–Crippen LogP) is 2.97. The summed E-state index contributed by atoms with van der Waals surface area (Å²) in [5, 5.41) is 0. The third-order valence-corrected chi connectivity index (χ3v) is 2.56. The molecule has 0 saturated heterocycles. The third kappa shape index (κ3) is 1.29. The van der Waals surface area contributed by atoms with Crippen molar-refractivity contribution in [2.45, 2.75) is 19.4 Å². The van der Waals surface area contributed by atoms with Crippen LogP contribution in [0.1, 0.15) is 25.0 Å². The van der Waals surface area contributed by atoms with Gasteiger partial charge in [-0.25, -0.2) is 0 Å². The van der Waals surface area contributed by atoms with Gasteiger partial charge in [-0.15, -0.1) is 0 Å². The van der Waals surface area contributed by atoms with E-state index in [0.29, 0.717) is 6.61 Å². The second-order valence-corrected chi connectivity index (χ2v) is 3.95. The summed E-state index contributed by atoms with van der Waals surface area (Å²) in [5.41, 5.74) is 3.40. The molecule has 1 aromatic rings. The van der Waals surface area contributed by atoms with Crippen LogP contribution in [0.25, 0.3) is 5.57 Å².